The lowest BCUT2D eigenvalue weighted by molar-refractivity contribution is 0.112. The zero-order valence-corrected chi connectivity index (χ0v) is 12.4. The van der Waals surface area contributed by atoms with Gasteiger partial charge in [0.15, 0.2) is 6.29 Å². The number of halogens is 2. The average Bonchev–Trinajstić information content (AvgIpc) is 3.09. The van der Waals surface area contributed by atoms with Crippen LogP contribution in [0.2, 0.25) is 10.0 Å². The Hall–Kier alpha value is -1.32. The fourth-order valence-corrected chi connectivity index (χ4v) is 3.13. The smallest absolute Gasteiger partial charge is 0.153 e. The van der Waals surface area contributed by atoms with Crippen molar-refractivity contribution in [2.75, 3.05) is 0 Å². The molecule has 0 saturated heterocycles. The zero-order chi connectivity index (χ0) is 14.1. The molecule has 3 rings (SSSR count). The van der Waals surface area contributed by atoms with Gasteiger partial charge in [0, 0.05) is 11.8 Å². The SMILES string of the molecule is O=Cc1cn(C2CCCC2)nc1-c1cccc(Cl)c1Cl. The summed E-state index contributed by atoms with van der Waals surface area (Å²) in [5.41, 5.74) is 1.87. The number of carbonyl (C=O) groups is 1. The number of hydrogen-bond donors (Lipinski definition) is 0. The van der Waals surface area contributed by atoms with Gasteiger partial charge in [0.2, 0.25) is 0 Å². The minimum absolute atomic E-state index is 0.389. The minimum atomic E-state index is 0.389. The number of nitrogens with zero attached hydrogens (tertiary/aromatic N) is 2. The highest BCUT2D eigenvalue weighted by Gasteiger charge is 2.21. The standard InChI is InChI=1S/C15H14Cl2N2O/c16-13-7-3-6-12(14(13)17)15-10(9-20)8-19(18-15)11-4-1-2-5-11/h3,6-9,11H,1-2,4-5H2. The van der Waals surface area contributed by atoms with Crippen LogP contribution >= 0.6 is 23.2 Å². The Morgan fingerprint density at radius 1 is 1.25 bits per heavy atom. The van der Waals surface area contributed by atoms with Crippen molar-refractivity contribution < 1.29 is 4.79 Å². The Bertz CT molecular complexity index is 645. The second-order valence-corrected chi connectivity index (χ2v) is 5.86. The fraction of sp³-hybridized carbons (Fsp3) is 0.333. The maximum atomic E-state index is 11.3. The number of carbonyl (C=O) groups excluding carboxylic acids is 1. The molecule has 1 aromatic heterocycles. The Kier molecular flexibility index (Phi) is 3.81. The lowest BCUT2D eigenvalue weighted by atomic mass is 10.1. The summed E-state index contributed by atoms with van der Waals surface area (Å²) >= 11 is 12.3. The van der Waals surface area contributed by atoms with Gasteiger partial charge >= 0.3 is 0 Å². The molecule has 20 heavy (non-hydrogen) atoms. The van der Waals surface area contributed by atoms with E-state index < -0.39 is 0 Å². The molecule has 1 saturated carbocycles. The fourth-order valence-electron chi connectivity index (χ4n) is 2.74. The first-order chi connectivity index (χ1) is 9.70. The van der Waals surface area contributed by atoms with E-state index in [9.17, 15) is 4.79 Å². The van der Waals surface area contributed by atoms with Crippen LogP contribution in [0.25, 0.3) is 11.3 Å². The molecule has 0 amide bonds. The van der Waals surface area contributed by atoms with Crippen molar-refractivity contribution in [1.82, 2.24) is 9.78 Å². The minimum Gasteiger partial charge on any atom is -0.298 e. The molecule has 0 aliphatic heterocycles. The van der Waals surface area contributed by atoms with E-state index in [1.54, 1.807) is 6.07 Å². The van der Waals surface area contributed by atoms with E-state index in [1.807, 2.05) is 23.0 Å². The Labute approximate surface area is 127 Å². The molecule has 0 N–H and O–H groups in total. The summed E-state index contributed by atoms with van der Waals surface area (Å²) < 4.78 is 1.91. The van der Waals surface area contributed by atoms with E-state index in [4.69, 9.17) is 23.2 Å². The summed E-state index contributed by atoms with van der Waals surface area (Å²) in [5.74, 6) is 0. The molecule has 0 bridgehead atoms. The van der Waals surface area contributed by atoms with Gasteiger partial charge in [-0.15, -0.1) is 0 Å². The highest BCUT2D eigenvalue weighted by molar-refractivity contribution is 6.43. The van der Waals surface area contributed by atoms with Gasteiger partial charge in [0.05, 0.1) is 21.7 Å². The van der Waals surface area contributed by atoms with E-state index in [0.717, 1.165) is 19.1 Å². The van der Waals surface area contributed by atoms with E-state index in [0.29, 0.717) is 32.9 Å². The summed E-state index contributed by atoms with van der Waals surface area (Å²) in [6, 6.07) is 5.76. The average molecular weight is 309 g/mol. The first-order valence-corrected chi connectivity index (χ1v) is 7.45. The number of rotatable bonds is 3. The molecule has 1 aliphatic carbocycles. The molecular weight excluding hydrogens is 295 g/mol. The predicted octanol–water partition coefficient (Wildman–Crippen LogP) is 4.78. The quantitative estimate of drug-likeness (QED) is 0.764. The first-order valence-electron chi connectivity index (χ1n) is 6.69. The van der Waals surface area contributed by atoms with Crippen molar-refractivity contribution in [2.24, 2.45) is 0 Å². The van der Waals surface area contributed by atoms with Crippen LogP contribution in [0.3, 0.4) is 0 Å². The second kappa shape index (κ2) is 5.58. The van der Waals surface area contributed by atoms with Gasteiger partial charge in [-0.1, -0.05) is 48.2 Å². The maximum absolute atomic E-state index is 11.3. The molecule has 0 radical (unpaired) electrons. The summed E-state index contributed by atoms with van der Waals surface area (Å²) in [5, 5.41) is 5.49. The number of benzene rings is 1. The third-order valence-corrected chi connectivity index (χ3v) is 4.61. The molecule has 3 nitrogen and oxygen atoms in total. The predicted molar refractivity (Wildman–Crippen MR) is 80.6 cm³/mol. The van der Waals surface area contributed by atoms with Crippen molar-refractivity contribution in [2.45, 2.75) is 31.7 Å². The monoisotopic (exact) mass is 308 g/mol. The number of aldehydes is 1. The molecule has 1 aliphatic rings. The lowest BCUT2D eigenvalue weighted by Gasteiger charge is -2.09. The number of hydrogen-bond acceptors (Lipinski definition) is 2. The van der Waals surface area contributed by atoms with Gasteiger partial charge in [-0.25, -0.2) is 0 Å². The van der Waals surface area contributed by atoms with Gasteiger partial charge in [-0.3, -0.25) is 9.48 Å². The summed E-state index contributed by atoms with van der Waals surface area (Å²) in [6.45, 7) is 0. The first kappa shape index (κ1) is 13.7. The number of aromatic nitrogens is 2. The normalized spacial score (nSPS) is 15.7. The molecule has 0 atom stereocenters. The summed E-state index contributed by atoms with van der Waals surface area (Å²) in [6.07, 6.45) is 7.30. The van der Waals surface area contributed by atoms with Gasteiger partial charge in [0.1, 0.15) is 5.69 Å². The molecular formula is C15H14Cl2N2O. The highest BCUT2D eigenvalue weighted by Crippen LogP contribution is 2.36. The van der Waals surface area contributed by atoms with E-state index in [2.05, 4.69) is 5.10 Å². The summed E-state index contributed by atoms with van der Waals surface area (Å²) in [7, 11) is 0. The Morgan fingerprint density at radius 3 is 2.70 bits per heavy atom. The molecule has 0 spiro atoms. The van der Waals surface area contributed by atoms with Crippen molar-refractivity contribution in [3.63, 3.8) is 0 Å². The molecule has 1 aromatic carbocycles. The maximum Gasteiger partial charge on any atom is 0.153 e. The van der Waals surface area contributed by atoms with Crippen LogP contribution in [-0.2, 0) is 0 Å². The van der Waals surface area contributed by atoms with Crippen molar-refractivity contribution >= 4 is 29.5 Å². The lowest BCUT2D eigenvalue weighted by Crippen LogP contribution is -2.04. The van der Waals surface area contributed by atoms with Crippen LogP contribution in [0.1, 0.15) is 42.1 Å². The van der Waals surface area contributed by atoms with Crippen LogP contribution in [0.5, 0.6) is 0 Å². The Balaban J connectivity index is 2.08. The third kappa shape index (κ3) is 2.36. The molecule has 5 heteroatoms. The summed E-state index contributed by atoms with van der Waals surface area (Å²) in [4.78, 5) is 11.3. The van der Waals surface area contributed by atoms with Gasteiger partial charge in [-0.05, 0) is 18.9 Å². The van der Waals surface area contributed by atoms with Crippen LogP contribution in [-0.4, -0.2) is 16.1 Å². The van der Waals surface area contributed by atoms with Gasteiger partial charge in [-0.2, -0.15) is 5.10 Å². The van der Waals surface area contributed by atoms with Crippen LogP contribution < -0.4 is 0 Å². The van der Waals surface area contributed by atoms with E-state index >= 15 is 0 Å². The van der Waals surface area contributed by atoms with Crippen LogP contribution in [0.15, 0.2) is 24.4 Å². The van der Waals surface area contributed by atoms with Gasteiger partial charge < -0.3 is 0 Å². The van der Waals surface area contributed by atoms with Crippen molar-refractivity contribution in [3.05, 3.63) is 40.0 Å². The van der Waals surface area contributed by atoms with E-state index in [1.165, 1.54) is 12.8 Å². The Morgan fingerprint density at radius 2 is 2.00 bits per heavy atom. The van der Waals surface area contributed by atoms with Crippen molar-refractivity contribution in [3.8, 4) is 11.3 Å². The largest absolute Gasteiger partial charge is 0.298 e. The third-order valence-electron chi connectivity index (χ3n) is 3.79. The molecule has 0 unspecified atom stereocenters. The molecule has 2 aromatic rings. The van der Waals surface area contributed by atoms with E-state index in [-0.39, 0.29) is 0 Å². The molecule has 1 fully saturated rings. The van der Waals surface area contributed by atoms with Crippen LogP contribution in [0.4, 0.5) is 0 Å². The second-order valence-electron chi connectivity index (χ2n) is 5.07. The topological polar surface area (TPSA) is 34.9 Å². The molecule has 1 heterocycles. The van der Waals surface area contributed by atoms with Crippen molar-refractivity contribution in [1.29, 1.82) is 0 Å². The highest BCUT2D eigenvalue weighted by atomic mass is 35.5. The van der Waals surface area contributed by atoms with Crippen LogP contribution in [0, 0.1) is 0 Å². The zero-order valence-electron chi connectivity index (χ0n) is 10.9. The van der Waals surface area contributed by atoms with Gasteiger partial charge in [0.25, 0.3) is 0 Å². The molecule has 104 valence electrons.